The van der Waals surface area contributed by atoms with Gasteiger partial charge in [0.1, 0.15) is 5.54 Å². The van der Waals surface area contributed by atoms with Gasteiger partial charge in [0.05, 0.1) is 7.11 Å². The van der Waals surface area contributed by atoms with Gasteiger partial charge in [-0.2, -0.15) is 0 Å². The van der Waals surface area contributed by atoms with Crippen molar-refractivity contribution in [2.45, 2.75) is 69.5 Å². The highest BCUT2D eigenvalue weighted by Gasteiger charge is 2.41. The summed E-state index contributed by atoms with van der Waals surface area (Å²) in [4.78, 5) is 33.6. The predicted octanol–water partition coefficient (Wildman–Crippen LogP) is 2.74. The standard InChI is InChI=1S/C18H27N3O3S/c1-12-14(13(2)20-17(19-12)25-4)8-9-15(22)21-18(16(23)24-3)10-6-5-7-11-18/h5-11H2,1-4H3,(H,21,22). The van der Waals surface area contributed by atoms with E-state index < -0.39 is 5.54 Å². The summed E-state index contributed by atoms with van der Waals surface area (Å²) in [5.41, 5.74) is 1.96. The van der Waals surface area contributed by atoms with Crippen LogP contribution in [-0.4, -0.2) is 40.7 Å². The molecule has 0 bridgehead atoms. The predicted molar refractivity (Wildman–Crippen MR) is 97.6 cm³/mol. The number of ether oxygens (including phenoxy) is 1. The van der Waals surface area contributed by atoms with Gasteiger partial charge in [-0.3, -0.25) is 4.79 Å². The second-order valence-electron chi connectivity index (χ2n) is 6.54. The van der Waals surface area contributed by atoms with E-state index in [0.717, 1.165) is 41.4 Å². The van der Waals surface area contributed by atoms with Crippen LogP contribution >= 0.6 is 11.8 Å². The van der Waals surface area contributed by atoms with Crippen molar-refractivity contribution >= 4 is 23.6 Å². The van der Waals surface area contributed by atoms with Crippen LogP contribution < -0.4 is 5.32 Å². The highest BCUT2D eigenvalue weighted by Crippen LogP contribution is 2.29. The summed E-state index contributed by atoms with van der Waals surface area (Å²) < 4.78 is 4.94. The molecule has 1 aromatic rings. The number of hydrogen-bond acceptors (Lipinski definition) is 6. The smallest absolute Gasteiger partial charge is 0.331 e. The Labute approximate surface area is 153 Å². The van der Waals surface area contributed by atoms with Gasteiger partial charge in [-0.05, 0) is 44.9 Å². The monoisotopic (exact) mass is 365 g/mol. The average molecular weight is 365 g/mol. The molecule has 6 nitrogen and oxygen atoms in total. The number of nitrogens with zero attached hydrogens (tertiary/aromatic N) is 2. The maximum absolute atomic E-state index is 12.5. The summed E-state index contributed by atoms with van der Waals surface area (Å²) in [6.07, 6.45) is 7.06. The number of nitrogens with one attached hydrogen (secondary N) is 1. The molecule has 1 aromatic heterocycles. The highest BCUT2D eigenvalue weighted by atomic mass is 32.2. The molecule has 1 aliphatic rings. The Bertz CT molecular complexity index is 619. The van der Waals surface area contributed by atoms with Gasteiger partial charge in [-0.15, -0.1) is 0 Å². The van der Waals surface area contributed by atoms with Gasteiger partial charge in [0.2, 0.25) is 5.91 Å². The zero-order chi connectivity index (χ0) is 18.4. The summed E-state index contributed by atoms with van der Waals surface area (Å²) in [5.74, 6) is -0.458. The lowest BCUT2D eigenvalue weighted by molar-refractivity contribution is -0.152. The molecule has 1 amide bonds. The number of methoxy groups -OCH3 is 1. The molecular weight excluding hydrogens is 338 g/mol. The molecule has 25 heavy (non-hydrogen) atoms. The fourth-order valence-electron chi connectivity index (χ4n) is 3.46. The number of hydrogen-bond donors (Lipinski definition) is 1. The number of amides is 1. The number of carbonyl (C=O) groups excluding carboxylic acids is 2. The van der Waals surface area contributed by atoms with Crippen molar-refractivity contribution in [3.63, 3.8) is 0 Å². The van der Waals surface area contributed by atoms with Crippen molar-refractivity contribution in [3.8, 4) is 0 Å². The summed E-state index contributed by atoms with van der Waals surface area (Å²) in [7, 11) is 1.38. The largest absolute Gasteiger partial charge is 0.467 e. The van der Waals surface area contributed by atoms with Crippen LogP contribution in [0.4, 0.5) is 0 Å². The Balaban J connectivity index is 2.03. The average Bonchev–Trinajstić information content (AvgIpc) is 2.60. The van der Waals surface area contributed by atoms with Crippen LogP contribution in [0, 0.1) is 13.8 Å². The van der Waals surface area contributed by atoms with Crippen LogP contribution in [-0.2, 0) is 20.7 Å². The van der Waals surface area contributed by atoms with Crippen molar-refractivity contribution in [1.82, 2.24) is 15.3 Å². The molecule has 0 unspecified atom stereocenters. The molecule has 0 aromatic carbocycles. The van der Waals surface area contributed by atoms with E-state index in [2.05, 4.69) is 15.3 Å². The Morgan fingerprint density at radius 1 is 1.16 bits per heavy atom. The van der Waals surface area contributed by atoms with E-state index in [9.17, 15) is 9.59 Å². The fourth-order valence-corrected chi connectivity index (χ4v) is 3.92. The zero-order valence-corrected chi connectivity index (χ0v) is 16.3. The van der Waals surface area contributed by atoms with Crippen LogP contribution in [0.1, 0.15) is 55.5 Å². The van der Waals surface area contributed by atoms with Crippen molar-refractivity contribution in [2.75, 3.05) is 13.4 Å². The first-order chi connectivity index (χ1) is 11.9. The Morgan fingerprint density at radius 3 is 2.28 bits per heavy atom. The van der Waals surface area contributed by atoms with E-state index in [1.54, 1.807) is 0 Å². The van der Waals surface area contributed by atoms with Gasteiger partial charge < -0.3 is 10.1 Å². The molecule has 0 radical (unpaired) electrons. The Morgan fingerprint density at radius 2 is 1.76 bits per heavy atom. The van der Waals surface area contributed by atoms with Crippen LogP contribution in [0.5, 0.6) is 0 Å². The zero-order valence-electron chi connectivity index (χ0n) is 15.5. The maximum atomic E-state index is 12.5. The Hall–Kier alpha value is -1.63. The van der Waals surface area contributed by atoms with Crippen LogP contribution in [0.15, 0.2) is 5.16 Å². The SMILES string of the molecule is COC(=O)C1(NC(=O)CCc2c(C)nc(SC)nc2C)CCCCC1. The lowest BCUT2D eigenvalue weighted by Crippen LogP contribution is -2.56. The topological polar surface area (TPSA) is 81.2 Å². The molecule has 0 spiro atoms. The minimum atomic E-state index is -0.854. The second kappa shape index (κ2) is 8.65. The van der Waals surface area contributed by atoms with Crippen molar-refractivity contribution in [3.05, 3.63) is 17.0 Å². The first kappa shape index (κ1) is 19.7. The van der Waals surface area contributed by atoms with Gasteiger partial charge in [-0.1, -0.05) is 31.0 Å². The molecule has 0 saturated heterocycles. The molecule has 7 heteroatoms. The maximum Gasteiger partial charge on any atom is 0.331 e. The molecule has 1 heterocycles. The first-order valence-electron chi connectivity index (χ1n) is 8.69. The first-order valence-corrected chi connectivity index (χ1v) is 9.92. The lowest BCUT2D eigenvalue weighted by atomic mass is 9.81. The van der Waals surface area contributed by atoms with Crippen molar-refractivity contribution in [2.24, 2.45) is 0 Å². The van der Waals surface area contributed by atoms with Crippen molar-refractivity contribution < 1.29 is 14.3 Å². The number of esters is 1. The molecule has 1 saturated carbocycles. The molecule has 138 valence electrons. The van der Waals surface area contributed by atoms with E-state index in [1.165, 1.54) is 18.9 Å². The minimum Gasteiger partial charge on any atom is -0.467 e. The number of carbonyl (C=O) groups is 2. The Kier molecular flexibility index (Phi) is 6.81. The highest BCUT2D eigenvalue weighted by molar-refractivity contribution is 7.98. The van der Waals surface area contributed by atoms with E-state index in [0.29, 0.717) is 25.7 Å². The van der Waals surface area contributed by atoms with Crippen molar-refractivity contribution in [1.29, 1.82) is 0 Å². The molecule has 1 fully saturated rings. The summed E-state index contributed by atoms with van der Waals surface area (Å²) in [5, 5.41) is 3.70. The molecule has 1 N–H and O–H groups in total. The number of thioether (sulfide) groups is 1. The van der Waals surface area contributed by atoms with E-state index in [4.69, 9.17) is 4.74 Å². The number of aryl methyl sites for hydroxylation is 2. The summed E-state index contributed by atoms with van der Waals surface area (Å²) in [6.45, 7) is 3.89. The summed E-state index contributed by atoms with van der Waals surface area (Å²) >= 11 is 1.51. The van der Waals surface area contributed by atoms with Crippen LogP contribution in [0.2, 0.25) is 0 Å². The van der Waals surface area contributed by atoms with E-state index >= 15 is 0 Å². The fraction of sp³-hybridized carbons (Fsp3) is 0.667. The third-order valence-electron chi connectivity index (χ3n) is 4.85. The van der Waals surface area contributed by atoms with Gasteiger partial charge >= 0.3 is 5.97 Å². The van der Waals surface area contributed by atoms with Gasteiger partial charge in [-0.25, -0.2) is 14.8 Å². The molecule has 2 rings (SSSR count). The molecule has 1 aliphatic carbocycles. The van der Waals surface area contributed by atoms with E-state index in [-0.39, 0.29) is 11.9 Å². The summed E-state index contributed by atoms with van der Waals surface area (Å²) in [6, 6.07) is 0. The number of rotatable bonds is 6. The van der Waals surface area contributed by atoms with Crippen LogP contribution in [0.25, 0.3) is 0 Å². The lowest BCUT2D eigenvalue weighted by Gasteiger charge is -2.35. The van der Waals surface area contributed by atoms with Crippen LogP contribution in [0.3, 0.4) is 0 Å². The molecular formula is C18H27N3O3S. The third kappa shape index (κ3) is 4.71. The quantitative estimate of drug-likeness (QED) is 0.474. The van der Waals surface area contributed by atoms with Gasteiger partial charge in [0.15, 0.2) is 5.16 Å². The third-order valence-corrected chi connectivity index (χ3v) is 5.39. The minimum absolute atomic E-state index is 0.125. The van der Waals surface area contributed by atoms with E-state index in [1.807, 2.05) is 20.1 Å². The second-order valence-corrected chi connectivity index (χ2v) is 7.32. The molecule has 0 aliphatic heterocycles. The van der Waals surface area contributed by atoms with Gasteiger partial charge in [0.25, 0.3) is 0 Å². The van der Waals surface area contributed by atoms with Gasteiger partial charge in [0, 0.05) is 17.8 Å². The normalized spacial score (nSPS) is 16.3. The number of aromatic nitrogens is 2. The molecule has 0 atom stereocenters.